The van der Waals surface area contributed by atoms with Crippen LogP contribution in [0.2, 0.25) is 0 Å². The van der Waals surface area contributed by atoms with Gasteiger partial charge < -0.3 is 10.2 Å². The standard InChI is InChI=1S/C13H22O3/c1-10-4-8-13(16,9-5-10)12(11(14)15)6-2-3-7-12/h10,16H,2-9H2,1H3,(H,14,15). The minimum absolute atomic E-state index is 0.632. The molecular formula is C13H22O3. The van der Waals surface area contributed by atoms with Crippen molar-refractivity contribution in [2.24, 2.45) is 11.3 Å². The smallest absolute Gasteiger partial charge is 0.312 e. The van der Waals surface area contributed by atoms with Gasteiger partial charge in [-0.25, -0.2) is 0 Å². The number of rotatable bonds is 2. The molecule has 2 rings (SSSR count). The summed E-state index contributed by atoms with van der Waals surface area (Å²) in [5.41, 5.74) is -1.78. The van der Waals surface area contributed by atoms with E-state index in [1.54, 1.807) is 0 Å². The molecule has 0 unspecified atom stereocenters. The summed E-state index contributed by atoms with van der Waals surface area (Å²) in [6, 6.07) is 0. The van der Waals surface area contributed by atoms with Gasteiger partial charge in [0, 0.05) is 0 Å². The summed E-state index contributed by atoms with van der Waals surface area (Å²) in [5, 5.41) is 20.2. The molecule has 2 N–H and O–H groups in total. The highest BCUT2D eigenvalue weighted by Crippen LogP contribution is 2.53. The van der Waals surface area contributed by atoms with Crippen molar-refractivity contribution in [2.45, 2.75) is 63.9 Å². The molecule has 2 saturated carbocycles. The number of carbonyl (C=O) groups is 1. The van der Waals surface area contributed by atoms with E-state index < -0.39 is 17.0 Å². The summed E-state index contributed by atoms with van der Waals surface area (Å²) in [7, 11) is 0. The van der Waals surface area contributed by atoms with Gasteiger partial charge in [-0.1, -0.05) is 19.8 Å². The third kappa shape index (κ3) is 1.65. The second kappa shape index (κ2) is 4.02. The molecule has 3 heteroatoms. The molecule has 16 heavy (non-hydrogen) atoms. The topological polar surface area (TPSA) is 57.5 Å². The molecule has 0 aromatic rings. The number of hydrogen-bond acceptors (Lipinski definition) is 2. The summed E-state index contributed by atoms with van der Waals surface area (Å²) in [5.74, 6) is -0.144. The van der Waals surface area contributed by atoms with Crippen molar-refractivity contribution in [3.8, 4) is 0 Å². The Hall–Kier alpha value is -0.570. The maximum atomic E-state index is 11.5. The van der Waals surface area contributed by atoms with Gasteiger partial charge in [-0.3, -0.25) is 4.79 Å². The van der Waals surface area contributed by atoms with Crippen LogP contribution in [-0.4, -0.2) is 21.8 Å². The van der Waals surface area contributed by atoms with Gasteiger partial charge in [0.05, 0.1) is 11.0 Å². The molecule has 0 saturated heterocycles. The summed E-state index contributed by atoms with van der Waals surface area (Å²) < 4.78 is 0. The van der Waals surface area contributed by atoms with Gasteiger partial charge in [0.1, 0.15) is 0 Å². The first-order valence-corrected chi connectivity index (χ1v) is 6.46. The lowest BCUT2D eigenvalue weighted by molar-refractivity contribution is -0.175. The zero-order chi connectivity index (χ0) is 11.8. The van der Waals surface area contributed by atoms with Gasteiger partial charge >= 0.3 is 5.97 Å². The highest BCUT2D eigenvalue weighted by molar-refractivity contribution is 5.76. The van der Waals surface area contributed by atoms with E-state index in [-0.39, 0.29) is 0 Å². The molecule has 0 heterocycles. The van der Waals surface area contributed by atoms with E-state index >= 15 is 0 Å². The molecule has 0 aliphatic heterocycles. The predicted octanol–water partition coefficient (Wildman–Crippen LogP) is 2.57. The molecule has 0 atom stereocenters. The van der Waals surface area contributed by atoms with Gasteiger partial charge in [0.25, 0.3) is 0 Å². The predicted molar refractivity (Wildman–Crippen MR) is 61.1 cm³/mol. The summed E-state index contributed by atoms with van der Waals surface area (Å²) in [6.07, 6.45) is 6.48. The Morgan fingerprint density at radius 1 is 1.12 bits per heavy atom. The number of aliphatic hydroxyl groups is 1. The van der Waals surface area contributed by atoms with Crippen molar-refractivity contribution >= 4 is 5.97 Å². The Morgan fingerprint density at radius 3 is 2.06 bits per heavy atom. The Kier molecular flexibility index (Phi) is 2.99. The molecule has 2 fully saturated rings. The highest BCUT2D eigenvalue weighted by Gasteiger charge is 2.57. The molecule has 0 aromatic carbocycles. The van der Waals surface area contributed by atoms with Crippen molar-refractivity contribution in [3.05, 3.63) is 0 Å². The fraction of sp³-hybridized carbons (Fsp3) is 0.923. The maximum absolute atomic E-state index is 11.5. The first-order chi connectivity index (χ1) is 7.50. The molecule has 3 nitrogen and oxygen atoms in total. The lowest BCUT2D eigenvalue weighted by atomic mass is 9.62. The van der Waals surface area contributed by atoms with Crippen LogP contribution in [0, 0.1) is 11.3 Å². The fourth-order valence-electron chi connectivity index (χ4n) is 3.58. The summed E-state index contributed by atoms with van der Waals surface area (Å²) in [6.45, 7) is 2.18. The lowest BCUT2D eigenvalue weighted by Crippen LogP contribution is -2.53. The van der Waals surface area contributed by atoms with E-state index in [4.69, 9.17) is 0 Å². The van der Waals surface area contributed by atoms with E-state index in [0.29, 0.717) is 31.6 Å². The van der Waals surface area contributed by atoms with Crippen LogP contribution in [-0.2, 0) is 4.79 Å². The average Bonchev–Trinajstić information content (AvgIpc) is 2.73. The van der Waals surface area contributed by atoms with Crippen molar-refractivity contribution in [2.75, 3.05) is 0 Å². The van der Waals surface area contributed by atoms with Crippen molar-refractivity contribution in [3.63, 3.8) is 0 Å². The van der Waals surface area contributed by atoms with Crippen molar-refractivity contribution < 1.29 is 15.0 Å². The van der Waals surface area contributed by atoms with E-state index in [0.717, 1.165) is 25.7 Å². The zero-order valence-electron chi connectivity index (χ0n) is 10.0. The van der Waals surface area contributed by atoms with Crippen LogP contribution >= 0.6 is 0 Å². The molecule has 0 spiro atoms. The van der Waals surface area contributed by atoms with Gasteiger partial charge in [-0.05, 0) is 44.4 Å². The monoisotopic (exact) mass is 226 g/mol. The molecule has 2 aliphatic rings. The van der Waals surface area contributed by atoms with Gasteiger partial charge in [-0.2, -0.15) is 0 Å². The lowest BCUT2D eigenvalue weighted by Gasteiger charge is -2.45. The highest BCUT2D eigenvalue weighted by atomic mass is 16.4. The molecule has 2 aliphatic carbocycles. The van der Waals surface area contributed by atoms with E-state index in [1.165, 1.54) is 0 Å². The van der Waals surface area contributed by atoms with Crippen LogP contribution in [0.3, 0.4) is 0 Å². The molecule has 0 aromatic heterocycles. The first-order valence-electron chi connectivity index (χ1n) is 6.46. The molecule has 0 bridgehead atoms. The van der Waals surface area contributed by atoms with E-state index in [1.807, 2.05) is 0 Å². The van der Waals surface area contributed by atoms with Crippen LogP contribution < -0.4 is 0 Å². The summed E-state index contributed by atoms with van der Waals surface area (Å²) in [4.78, 5) is 11.5. The van der Waals surface area contributed by atoms with Crippen LogP contribution in [0.4, 0.5) is 0 Å². The summed E-state index contributed by atoms with van der Waals surface area (Å²) >= 11 is 0. The Morgan fingerprint density at radius 2 is 1.62 bits per heavy atom. The van der Waals surface area contributed by atoms with Crippen LogP contribution in [0.5, 0.6) is 0 Å². The maximum Gasteiger partial charge on any atom is 0.312 e. The Balaban J connectivity index is 2.22. The number of hydrogen-bond donors (Lipinski definition) is 2. The Labute approximate surface area is 96.9 Å². The van der Waals surface area contributed by atoms with Crippen molar-refractivity contribution in [1.82, 2.24) is 0 Å². The molecule has 0 radical (unpaired) electrons. The molecular weight excluding hydrogens is 204 g/mol. The second-order valence-electron chi connectivity index (χ2n) is 5.81. The zero-order valence-corrected chi connectivity index (χ0v) is 10.0. The van der Waals surface area contributed by atoms with Crippen LogP contribution in [0.1, 0.15) is 58.3 Å². The molecule has 92 valence electrons. The van der Waals surface area contributed by atoms with Crippen LogP contribution in [0.15, 0.2) is 0 Å². The van der Waals surface area contributed by atoms with E-state index in [2.05, 4.69) is 6.92 Å². The van der Waals surface area contributed by atoms with Gasteiger partial charge in [0.15, 0.2) is 0 Å². The first kappa shape index (κ1) is 11.9. The SMILES string of the molecule is CC1CCC(O)(C2(C(=O)O)CCCC2)CC1. The number of carboxylic acid groups (broad SMARTS) is 1. The second-order valence-corrected chi connectivity index (χ2v) is 5.81. The minimum Gasteiger partial charge on any atom is -0.481 e. The number of aliphatic carboxylic acids is 1. The normalized spacial score (nSPS) is 38.5. The third-order valence-electron chi connectivity index (χ3n) is 4.86. The molecule has 0 amide bonds. The van der Waals surface area contributed by atoms with Gasteiger partial charge in [0.2, 0.25) is 0 Å². The quantitative estimate of drug-likeness (QED) is 0.760. The van der Waals surface area contributed by atoms with Gasteiger partial charge in [-0.15, -0.1) is 0 Å². The fourth-order valence-corrected chi connectivity index (χ4v) is 3.58. The van der Waals surface area contributed by atoms with Crippen LogP contribution in [0.25, 0.3) is 0 Å². The third-order valence-corrected chi connectivity index (χ3v) is 4.86. The largest absolute Gasteiger partial charge is 0.481 e. The van der Waals surface area contributed by atoms with E-state index in [9.17, 15) is 15.0 Å². The average molecular weight is 226 g/mol. The number of carboxylic acids is 1. The Bertz CT molecular complexity index is 271. The van der Waals surface area contributed by atoms with Crippen molar-refractivity contribution in [1.29, 1.82) is 0 Å². The minimum atomic E-state index is -0.943.